The molecular formula is C19H23N7O3S. The number of hydrogen-bond acceptors (Lipinski definition) is 7. The lowest BCUT2D eigenvalue weighted by Crippen LogP contribution is -2.51. The second-order valence-electron chi connectivity index (χ2n) is 7.39. The number of anilines is 1. The van der Waals surface area contributed by atoms with Crippen molar-refractivity contribution in [2.45, 2.75) is 18.0 Å². The van der Waals surface area contributed by atoms with Crippen LogP contribution in [0.3, 0.4) is 0 Å². The number of benzene rings is 1. The van der Waals surface area contributed by atoms with Gasteiger partial charge in [0, 0.05) is 50.4 Å². The third-order valence-corrected chi connectivity index (χ3v) is 6.14. The van der Waals surface area contributed by atoms with Crippen molar-refractivity contribution in [3.05, 3.63) is 29.8 Å². The van der Waals surface area contributed by atoms with E-state index in [9.17, 15) is 14.4 Å². The third-order valence-electron chi connectivity index (χ3n) is 5.13. The molecule has 0 unspecified atom stereocenters. The molecule has 1 aliphatic carbocycles. The molecule has 2 aliphatic rings. The summed E-state index contributed by atoms with van der Waals surface area (Å²) in [4.78, 5) is 40.6. The van der Waals surface area contributed by atoms with Crippen molar-refractivity contribution in [3.8, 4) is 0 Å². The van der Waals surface area contributed by atoms with Crippen molar-refractivity contribution in [2.24, 2.45) is 13.0 Å². The molecule has 0 radical (unpaired) electrons. The topological polar surface area (TPSA) is 113 Å². The van der Waals surface area contributed by atoms with E-state index in [2.05, 4.69) is 20.8 Å². The maximum Gasteiger partial charge on any atom is 0.253 e. The number of rotatable bonds is 6. The minimum absolute atomic E-state index is 0.0586. The van der Waals surface area contributed by atoms with E-state index in [1.54, 1.807) is 36.2 Å². The van der Waals surface area contributed by atoms with E-state index in [0.717, 1.165) is 12.8 Å². The van der Waals surface area contributed by atoms with E-state index in [0.29, 0.717) is 42.6 Å². The van der Waals surface area contributed by atoms with E-state index in [1.165, 1.54) is 16.4 Å². The van der Waals surface area contributed by atoms with Crippen LogP contribution in [-0.2, 0) is 16.6 Å². The summed E-state index contributed by atoms with van der Waals surface area (Å²) in [5, 5.41) is 14.4. The summed E-state index contributed by atoms with van der Waals surface area (Å²) in [6.07, 6.45) is 1.99. The molecule has 0 atom stereocenters. The Morgan fingerprint density at radius 3 is 2.33 bits per heavy atom. The Morgan fingerprint density at radius 1 is 1.07 bits per heavy atom. The number of piperazine rings is 1. The van der Waals surface area contributed by atoms with E-state index in [1.807, 2.05) is 4.90 Å². The molecule has 30 heavy (non-hydrogen) atoms. The van der Waals surface area contributed by atoms with Crippen molar-refractivity contribution < 1.29 is 14.4 Å². The average Bonchev–Trinajstić information content (AvgIpc) is 3.54. The van der Waals surface area contributed by atoms with Crippen LogP contribution in [0.5, 0.6) is 0 Å². The predicted molar refractivity (Wildman–Crippen MR) is 110 cm³/mol. The largest absolute Gasteiger partial charge is 0.339 e. The Morgan fingerprint density at radius 2 is 1.73 bits per heavy atom. The van der Waals surface area contributed by atoms with Gasteiger partial charge in [-0.25, -0.2) is 4.68 Å². The molecule has 1 saturated heterocycles. The maximum absolute atomic E-state index is 12.7. The first kappa shape index (κ1) is 20.3. The fraction of sp³-hybridized carbons (Fsp3) is 0.474. The van der Waals surface area contributed by atoms with Gasteiger partial charge in [0.05, 0.1) is 5.75 Å². The van der Waals surface area contributed by atoms with Crippen molar-refractivity contribution in [3.63, 3.8) is 0 Å². The molecule has 2 fully saturated rings. The van der Waals surface area contributed by atoms with Crippen LogP contribution < -0.4 is 5.32 Å². The minimum atomic E-state index is -0.182. The number of nitrogens with zero attached hydrogens (tertiary/aromatic N) is 6. The summed E-state index contributed by atoms with van der Waals surface area (Å²) in [7, 11) is 1.71. The van der Waals surface area contributed by atoms with Gasteiger partial charge in [-0.3, -0.25) is 14.4 Å². The molecule has 1 aromatic heterocycles. The highest BCUT2D eigenvalue weighted by molar-refractivity contribution is 7.99. The Kier molecular flexibility index (Phi) is 5.98. The molecular weight excluding hydrogens is 406 g/mol. The number of aromatic nitrogens is 4. The zero-order valence-electron chi connectivity index (χ0n) is 16.7. The number of thioether (sulfide) groups is 1. The van der Waals surface area contributed by atoms with Crippen LogP contribution in [0.4, 0.5) is 5.69 Å². The van der Waals surface area contributed by atoms with Gasteiger partial charge in [0.25, 0.3) is 5.91 Å². The van der Waals surface area contributed by atoms with Crippen molar-refractivity contribution in [1.82, 2.24) is 30.0 Å². The summed E-state index contributed by atoms with van der Waals surface area (Å²) in [5.74, 6) is 0.384. The van der Waals surface area contributed by atoms with Crippen LogP contribution in [0.1, 0.15) is 23.2 Å². The molecule has 2 aromatic rings. The summed E-state index contributed by atoms with van der Waals surface area (Å²) >= 11 is 1.24. The van der Waals surface area contributed by atoms with Crippen LogP contribution in [0.2, 0.25) is 0 Å². The Balaban J connectivity index is 1.25. The van der Waals surface area contributed by atoms with E-state index in [4.69, 9.17) is 0 Å². The molecule has 0 bridgehead atoms. The van der Waals surface area contributed by atoms with Gasteiger partial charge in [0.2, 0.25) is 17.0 Å². The molecule has 4 rings (SSSR count). The molecule has 1 N–H and O–H groups in total. The van der Waals surface area contributed by atoms with Gasteiger partial charge < -0.3 is 15.1 Å². The molecule has 1 aliphatic heterocycles. The number of carbonyl (C=O) groups excluding carboxylic acids is 3. The van der Waals surface area contributed by atoms with Crippen molar-refractivity contribution in [1.29, 1.82) is 0 Å². The molecule has 1 saturated carbocycles. The highest BCUT2D eigenvalue weighted by Gasteiger charge is 2.35. The first-order valence-corrected chi connectivity index (χ1v) is 10.8. The van der Waals surface area contributed by atoms with Gasteiger partial charge in [-0.15, -0.1) is 5.10 Å². The minimum Gasteiger partial charge on any atom is -0.339 e. The Bertz CT molecular complexity index is 934. The highest BCUT2D eigenvalue weighted by Crippen LogP contribution is 2.31. The molecule has 2 heterocycles. The molecule has 0 spiro atoms. The lowest BCUT2D eigenvalue weighted by molar-refractivity contribution is -0.134. The van der Waals surface area contributed by atoms with E-state index >= 15 is 0 Å². The van der Waals surface area contributed by atoms with Crippen LogP contribution in [0.25, 0.3) is 0 Å². The zero-order valence-corrected chi connectivity index (χ0v) is 17.5. The maximum atomic E-state index is 12.7. The highest BCUT2D eigenvalue weighted by atomic mass is 32.2. The zero-order chi connectivity index (χ0) is 21.1. The summed E-state index contributed by atoms with van der Waals surface area (Å²) in [5.41, 5.74) is 1.18. The first-order valence-electron chi connectivity index (χ1n) is 9.84. The monoisotopic (exact) mass is 429 g/mol. The van der Waals surface area contributed by atoms with Gasteiger partial charge >= 0.3 is 0 Å². The number of tetrazole rings is 1. The number of hydrogen-bond donors (Lipinski definition) is 1. The third kappa shape index (κ3) is 4.78. The Labute approximate surface area is 178 Å². The number of carbonyl (C=O) groups is 3. The lowest BCUT2D eigenvalue weighted by atomic mass is 10.1. The molecule has 158 valence electrons. The normalized spacial score (nSPS) is 16.4. The fourth-order valence-electron chi connectivity index (χ4n) is 3.27. The second kappa shape index (κ2) is 8.82. The molecule has 11 heteroatoms. The fourth-order valence-corrected chi connectivity index (χ4v) is 3.92. The summed E-state index contributed by atoms with van der Waals surface area (Å²) in [6, 6.07) is 6.85. The van der Waals surface area contributed by atoms with E-state index < -0.39 is 0 Å². The van der Waals surface area contributed by atoms with Gasteiger partial charge in [0.1, 0.15) is 0 Å². The average molecular weight is 430 g/mol. The van der Waals surface area contributed by atoms with Gasteiger partial charge in [-0.1, -0.05) is 11.8 Å². The van der Waals surface area contributed by atoms with Crippen molar-refractivity contribution >= 4 is 35.2 Å². The van der Waals surface area contributed by atoms with Crippen LogP contribution in [-0.4, -0.2) is 79.7 Å². The summed E-state index contributed by atoms with van der Waals surface area (Å²) < 4.78 is 1.50. The lowest BCUT2D eigenvalue weighted by Gasteiger charge is -2.35. The quantitative estimate of drug-likeness (QED) is 0.670. The van der Waals surface area contributed by atoms with Crippen LogP contribution >= 0.6 is 11.8 Å². The van der Waals surface area contributed by atoms with E-state index in [-0.39, 0.29) is 29.4 Å². The Hall–Kier alpha value is -2.95. The van der Waals surface area contributed by atoms with Crippen LogP contribution in [0.15, 0.2) is 29.4 Å². The number of amides is 3. The first-order chi connectivity index (χ1) is 14.5. The van der Waals surface area contributed by atoms with Gasteiger partial charge in [-0.05, 0) is 47.5 Å². The number of nitrogens with one attached hydrogen (secondary N) is 1. The predicted octanol–water partition coefficient (Wildman–Crippen LogP) is 0.635. The molecule has 10 nitrogen and oxygen atoms in total. The number of aryl methyl sites for hydroxylation is 1. The molecule has 3 amide bonds. The van der Waals surface area contributed by atoms with Gasteiger partial charge in [0.15, 0.2) is 0 Å². The van der Waals surface area contributed by atoms with Gasteiger partial charge in [-0.2, -0.15) is 0 Å². The standard InChI is InChI=1S/C19H23N7O3S/c1-24-19(21-22-23-24)30-12-16(27)20-15-6-4-14(5-7-15)18(29)26-10-8-25(9-11-26)17(28)13-2-3-13/h4-7,13H,2-3,8-12H2,1H3,(H,20,27). The van der Waals surface area contributed by atoms with Crippen molar-refractivity contribution in [2.75, 3.05) is 37.2 Å². The SMILES string of the molecule is Cn1nnnc1SCC(=O)Nc1ccc(C(=O)N2CCN(C(=O)C3CC3)CC2)cc1. The summed E-state index contributed by atoms with van der Waals surface area (Å²) in [6.45, 7) is 2.27. The smallest absolute Gasteiger partial charge is 0.253 e. The second-order valence-corrected chi connectivity index (χ2v) is 8.33. The molecule has 1 aromatic carbocycles. The van der Waals surface area contributed by atoms with Crippen LogP contribution in [0, 0.1) is 5.92 Å².